The molecule has 7 nitrogen and oxygen atoms in total. The van der Waals surface area contributed by atoms with Gasteiger partial charge in [-0.25, -0.2) is 13.6 Å². The van der Waals surface area contributed by atoms with Gasteiger partial charge < -0.3 is 24.3 Å². The number of nitrogens with one attached hydrogen (secondary N) is 2. The van der Waals surface area contributed by atoms with Gasteiger partial charge in [-0.1, -0.05) is 13.0 Å². The van der Waals surface area contributed by atoms with E-state index in [4.69, 9.17) is 21.7 Å². The number of esters is 1. The molecule has 0 saturated heterocycles. The van der Waals surface area contributed by atoms with Crippen LogP contribution < -0.4 is 5.32 Å². The van der Waals surface area contributed by atoms with Crippen molar-refractivity contribution >= 4 is 29.7 Å². The molecule has 0 aliphatic carbocycles. The standard InChI is InChI=1S/C21H25F2N3O4S/c1-5-17(13-6-7-14(22)15(23)11-13)26-19(20(28)30-9-8-29-4)18(25-21(26)31)16(24-3)10-12(2)27/h6-7,10-11,17,24H,5,8-9H2,1-4H3,(H,25,31). The molecule has 1 unspecified atom stereocenters. The molecule has 1 aromatic carbocycles. The van der Waals surface area contributed by atoms with Gasteiger partial charge in [-0.3, -0.25) is 4.79 Å². The Morgan fingerprint density at radius 3 is 2.55 bits per heavy atom. The van der Waals surface area contributed by atoms with Crippen LogP contribution in [-0.4, -0.2) is 48.7 Å². The highest BCUT2D eigenvalue weighted by atomic mass is 32.1. The third-order valence-electron chi connectivity index (χ3n) is 4.56. The fourth-order valence-corrected chi connectivity index (χ4v) is 3.51. The third kappa shape index (κ3) is 5.65. The maximum Gasteiger partial charge on any atom is 0.357 e. The van der Waals surface area contributed by atoms with Gasteiger partial charge in [-0.2, -0.15) is 0 Å². The van der Waals surface area contributed by atoms with Crippen molar-refractivity contribution in [3.8, 4) is 0 Å². The van der Waals surface area contributed by atoms with Crippen molar-refractivity contribution < 1.29 is 27.8 Å². The van der Waals surface area contributed by atoms with E-state index in [1.54, 1.807) is 7.05 Å². The van der Waals surface area contributed by atoms with Crippen molar-refractivity contribution in [3.63, 3.8) is 0 Å². The van der Waals surface area contributed by atoms with Crippen molar-refractivity contribution in [2.75, 3.05) is 27.4 Å². The number of methoxy groups -OCH3 is 1. The highest BCUT2D eigenvalue weighted by molar-refractivity contribution is 7.71. The number of halogens is 2. The van der Waals surface area contributed by atoms with Gasteiger partial charge in [-0.15, -0.1) is 0 Å². The summed E-state index contributed by atoms with van der Waals surface area (Å²) in [5.41, 5.74) is 1.07. The molecule has 0 fully saturated rings. The Balaban J connectivity index is 2.72. The van der Waals surface area contributed by atoms with E-state index in [9.17, 15) is 18.4 Å². The highest BCUT2D eigenvalue weighted by Gasteiger charge is 2.28. The Morgan fingerprint density at radius 1 is 1.29 bits per heavy atom. The number of carbonyl (C=O) groups excluding carboxylic acids is 2. The first kappa shape index (κ1) is 24.4. The number of ketones is 1. The SMILES string of the molecule is CCC(c1ccc(F)c(F)c1)n1c(C(=O)OCCOC)c(C(=CC(C)=O)NC)[nH]c1=S. The van der Waals surface area contributed by atoms with Crippen LogP contribution in [-0.2, 0) is 14.3 Å². The van der Waals surface area contributed by atoms with Crippen LogP contribution in [0.25, 0.3) is 5.70 Å². The molecule has 0 amide bonds. The molecule has 2 N–H and O–H groups in total. The van der Waals surface area contributed by atoms with Gasteiger partial charge >= 0.3 is 5.97 Å². The van der Waals surface area contributed by atoms with Crippen LogP contribution in [0, 0.1) is 16.4 Å². The molecule has 1 heterocycles. The van der Waals surface area contributed by atoms with Crippen LogP contribution >= 0.6 is 12.2 Å². The number of imidazole rings is 1. The lowest BCUT2D eigenvalue weighted by molar-refractivity contribution is -0.112. The zero-order chi connectivity index (χ0) is 23.1. The van der Waals surface area contributed by atoms with E-state index in [1.165, 1.54) is 30.7 Å². The molecule has 0 saturated carbocycles. The van der Waals surface area contributed by atoms with Crippen molar-refractivity contribution in [1.29, 1.82) is 0 Å². The quantitative estimate of drug-likeness (QED) is 0.247. The highest BCUT2D eigenvalue weighted by Crippen LogP contribution is 2.29. The zero-order valence-corrected chi connectivity index (χ0v) is 18.6. The summed E-state index contributed by atoms with van der Waals surface area (Å²) >= 11 is 5.46. The van der Waals surface area contributed by atoms with E-state index in [0.717, 1.165) is 12.1 Å². The Hall–Kier alpha value is -2.85. The first-order valence-corrected chi connectivity index (χ1v) is 10.0. The maximum absolute atomic E-state index is 13.9. The summed E-state index contributed by atoms with van der Waals surface area (Å²) in [6, 6.07) is 2.94. The van der Waals surface area contributed by atoms with E-state index in [0.29, 0.717) is 17.7 Å². The first-order chi connectivity index (χ1) is 14.7. The Morgan fingerprint density at radius 2 is 2.00 bits per heavy atom. The number of H-pyrrole nitrogens is 1. The predicted octanol–water partition coefficient (Wildman–Crippen LogP) is 3.78. The van der Waals surface area contributed by atoms with Gasteiger partial charge in [-0.05, 0) is 43.3 Å². The second kappa shape index (κ2) is 11.0. The summed E-state index contributed by atoms with van der Waals surface area (Å²) in [6.45, 7) is 3.38. The molecule has 10 heteroatoms. The number of hydrogen-bond donors (Lipinski definition) is 2. The number of allylic oxidation sites excluding steroid dienone is 1. The molecule has 0 spiro atoms. The van der Waals surface area contributed by atoms with Crippen LogP contribution in [0.1, 0.15) is 48.1 Å². The number of aromatic nitrogens is 2. The lowest BCUT2D eigenvalue weighted by atomic mass is 10.0. The molecule has 0 aliphatic rings. The van der Waals surface area contributed by atoms with Crippen LogP contribution in [0.4, 0.5) is 8.78 Å². The molecule has 2 aromatic rings. The number of carbonyl (C=O) groups is 2. The minimum absolute atomic E-state index is 0.00000714. The maximum atomic E-state index is 13.9. The van der Waals surface area contributed by atoms with Crippen LogP contribution in [0.2, 0.25) is 0 Å². The second-order valence-electron chi connectivity index (χ2n) is 6.67. The van der Waals surface area contributed by atoms with Crippen LogP contribution in [0.5, 0.6) is 0 Å². The second-order valence-corrected chi connectivity index (χ2v) is 7.06. The number of benzene rings is 1. The van der Waals surface area contributed by atoms with E-state index in [2.05, 4.69) is 10.3 Å². The molecule has 0 aliphatic heterocycles. The minimum atomic E-state index is -1.00. The summed E-state index contributed by atoms with van der Waals surface area (Å²) in [5, 5.41) is 2.87. The Labute approximate surface area is 184 Å². The van der Waals surface area contributed by atoms with Gasteiger partial charge in [0.2, 0.25) is 0 Å². The summed E-state index contributed by atoms with van der Waals surface area (Å²) in [7, 11) is 3.07. The summed E-state index contributed by atoms with van der Waals surface area (Å²) in [6.07, 6.45) is 1.73. The molecule has 0 radical (unpaired) electrons. The Bertz CT molecular complexity index is 1050. The van der Waals surface area contributed by atoms with Gasteiger partial charge in [0.15, 0.2) is 27.9 Å². The average Bonchev–Trinajstić information content (AvgIpc) is 3.06. The third-order valence-corrected chi connectivity index (χ3v) is 4.85. The van der Waals surface area contributed by atoms with Gasteiger partial charge in [0, 0.05) is 20.2 Å². The molecule has 0 bridgehead atoms. The van der Waals surface area contributed by atoms with E-state index in [-0.39, 0.29) is 35.2 Å². The molecule has 1 aromatic heterocycles. The van der Waals surface area contributed by atoms with Gasteiger partial charge in [0.05, 0.1) is 24.0 Å². The van der Waals surface area contributed by atoms with Crippen molar-refractivity contribution in [2.45, 2.75) is 26.3 Å². The smallest absolute Gasteiger partial charge is 0.357 e. The van der Waals surface area contributed by atoms with E-state index >= 15 is 0 Å². The normalized spacial score (nSPS) is 12.5. The number of ether oxygens (including phenoxy) is 2. The molecule has 2 rings (SSSR count). The zero-order valence-electron chi connectivity index (χ0n) is 17.8. The lowest BCUT2D eigenvalue weighted by Gasteiger charge is -2.20. The van der Waals surface area contributed by atoms with Crippen LogP contribution in [0.15, 0.2) is 24.3 Å². The molecular formula is C21H25F2N3O4S. The van der Waals surface area contributed by atoms with Crippen molar-refractivity contribution in [2.24, 2.45) is 0 Å². The molecule has 1 atom stereocenters. The largest absolute Gasteiger partial charge is 0.459 e. The molecule has 168 valence electrons. The summed E-state index contributed by atoms with van der Waals surface area (Å²) in [5.74, 6) is -2.93. The lowest BCUT2D eigenvalue weighted by Crippen LogP contribution is -2.21. The number of rotatable bonds is 10. The van der Waals surface area contributed by atoms with E-state index < -0.39 is 23.6 Å². The Kier molecular flexibility index (Phi) is 8.64. The molecular weight excluding hydrogens is 428 g/mol. The fourth-order valence-electron chi connectivity index (χ4n) is 3.19. The number of hydrogen-bond acceptors (Lipinski definition) is 6. The monoisotopic (exact) mass is 453 g/mol. The summed E-state index contributed by atoms with van der Waals surface area (Å²) < 4.78 is 39.3. The van der Waals surface area contributed by atoms with Crippen molar-refractivity contribution in [1.82, 2.24) is 14.9 Å². The first-order valence-electron chi connectivity index (χ1n) is 9.60. The minimum Gasteiger partial charge on any atom is -0.459 e. The predicted molar refractivity (Wildman–Crippen MR) is 114 cm³/mol. The van der Waals surface area contributed by atoms with Crippen LogP contribution in [0.3, 0.4) is 0 Å². The fraction of sp³-hybridized carbons (Fsp3) is 0.381. The van der Waals surface area contributed by atoms with Crippen molar-refractivity contribution in [3.05, 3.63) is 57.6 Å². The topological polar surface area (TPSA) is 85.3 Å². The number of aromatic amines is 1. The molecule has 31 heavy (non-hydrogen) atoms. The van der Waals surface area contributed by atoms with Gasteiger partial charge in [0.25, 0.3) is 0 Å². The number of nitrogens with zero attached hydrogens (tertiary/aromatic N) is 1. The van der Waals surface area contributed by atoms with Gasteiger partial charge in [0.1, 0.15) is 6.61 Å². The van der Waals surface area contributed by atoms with E-state index in [1.807, 2.05) is 6.92 Å². The summed E-state index contributed by atoms with van der Waals surface area (Å²) in [4.78, 5) is 27.6. The average molecular weight is 454 g/mol.